The molecule has 1 aromatic carbocycles. The molecule has 27 heavy (non-hydrogen) atoms. The zero-order chi connectivity index (χ0) is 19.0. The lowest BCUT2D eigenvalue weighted by molar-refractivity contribution is 0.0591. The van der Waals surface area contributed by atoms with Gasteiger partial charge in [-0.05, 0) is 43.5 Å². The summed E-state index contributed by atoms with van der Waals surface area (Å²) in [4.78, 5) is 16.4. The van der Waals surface area contributed by atoms with Crippen molar-refractivity contribution in [3.63, 3.8) is 0 Å². The van der Waals surface area contributed by atoms with E-state index in [1.54, 1.807) is 4.90 Å². The Balaban J connectivity index is 1.56. The van der Waals surface area contributed by atoms with Gasteiger partial charge in [0.05, 0.1) is 23.2 Å². The van der Waals surface area contributed by atoms with Crippen LogP contribution >= 0.6 is 22.9 Å². The maximum absolute atomic E-state index is 12.9. The molecule has 5 nitrogen and oxygen atoms in total. The van der Waals surface area contributed by atoms with E-state index >= 15 is 0 Å². The summed E-state index contributed by atoms with van der Waals surface area (Å²) >= 11 is 7.47. The van der Waals surface area contributed by atoms with E-state index in [4.69, 9.17) is 16.3 Å². The Hall–Kier alpha value is -1.89. The number of halogens is 1. The van der Waals surface area contributed by atoms with Crippen molar-refractivity contribution in [1.82, 2.24) is 14.7 Å². The highest BCUT2D eigenvalue weighted by Crippen LogP contribution is 2.30. The Kier molecular flexibility index (Phi) is 5.21. The van der Waals surface area contributed by atoms with E-state index < -0.39 is 0 Å². The van der Waals surface area contributed by atoms with Gasteiger partial charge in [0, 0.05) is 30.6 Å². The maximum atomic E-state index is 12.9. The van der Waals surface area contributed by atoms with Crippen LogP contribution in [0, 0.1) is 6.92 Å². The van der Waals surface area contributed by atoms with Crippen LogP contribution in [0.15, 0.2) is 30.3 Å². The van der Waals surface area contributed by atoms with E-state index in [9.17, 15) is 4.79 Å². The first-order valence-corrected chi connectivity index (χ1v) is 10.3. The van der Waals surface area contributed by atoms with Crippen LogP contribution in [0.4, 0.5) is 0 Å². The average Bonchev–Trinajstić information content (AvgIpc) is 3.36. The van der Waals surface area contributed by atoms with E-state index in [-0.39, 0.29) is 12.0 Å². The molecule has 3 heterocycles. The Labute approximate surface area is 167 Å². The van der Waals surface area contributed by atoms with Gasteiger partial charge in [0.2, 0.25) is 0 Å². The Morgan fingerprint density at radius 1 is 1.41 bits per heavy atom. The topological polar surface area (TPSA) is 47.4 Å². The third-order valence-corrected chi connectivity index (χ3v) is 6.30. The van der Waals surface area contributed by atoms with Gasteiger partial charge >= 0.3 is 0 Å². The molecule has 1 saturated heterocycles. The number of ether oxygens (including phenoxy) is 1. The van der Waals surface area contributed by atoms with Gasteiger partial charge in [-0.2, -0.15) is 5.10 Å². The van der Waals surface area contributed by atoms with Gasteiger partial charge < -0.3 is 9.64 Å². The number of nitrogens with zero attached hydrogens (tertiary/aromatic N) is 3. The monoisotopic (exact) mass is 403 g/mol. The summed E-state index contributed by atoms with van der Waals surface area (Å²) < 4.78 is 7.62. The molecule has 0 bridgehead atoms. The number of benzene rings is 1. The van der Waals surface area contributed by atoms with E-state index in [0.29, 0.717) is 13.1 Å². The maximum Gasteiger partial charge on any atom is 0.263 e. The fraction of sp³-hybridized carbons (Fsp3) is 0.400. The second kappa shape index (κ2) is 7.62. The molecule has 0 N–H and O–H groups in total. The highest BCUT2D eigenvalue weighted by molar-refractivity contribution is 7.20. The van der Waals surface area contributed by atoms with E-state index in [2.05, 4.69) is 5.10 Å². The highest BCUT2D eigenvalue weighted by Gasteiger charge is 2.23. The number of aryl methyl sites for hydroxylation is 1. The van der Waals surface area contributed by atoms with Gasteiger partial charge in [-0.3, -0.25) is 9.48 Å². The molecule has 4 rings (SSSR count). The minimum atomic E-state index is 0.0455. The lowest BCUT2D eigenvalue weighted by Gasteiger charge is -2.20. The van der Waals surface area contributed by atoms with Gasteiger partial charge in [0.25, 0.3) is 5.91 Å². The Morgan fingerprint density at radius 2 is 2.19 bits per heavy atom. The van der Waals surface area contributed by atoms with E-state index in [1.165, 1.54) is 11.3 Å². The van der Waals surface area contributed by atoms with Crippen LogP contribution in [-0.4, -0.2) is 46.9 Å². The number of carbonyl (C=O) groups excluding carboxylic acids is 1. The van der Waals surface area contributed by atoms with Gasteiger partial charge in [0.15, 0.2) is 0 Å². The molecule has 7 heteroatoms. The van der Waals surface area contributed by atoms with Gasteiger partial charge in [-0.15, -0.1) is 11.3 Å². The molecule has 1 unspecified atom stereocenters. The summed E-state index contributed by atoms with van der Waals surface area (Å²) in [6.45, 7) is 4.08. The first-order chi connectivity index (χ1) is 13.0. The normalized spacial score (nSPS) is 16.9. The van der Waals surface area contributed by atoms with Crippen LogP contribution < -0.4 is 0 Å². The van der Waals surface area contributed by atoms with Crippen LogP contribution in [0.1, 0.15) is 33.8 Å². The standard InChI is InChI=1S/C20H22ClN3O2S/c1-13-17-10-18(19(25)23(2)12-16-4-3-9-26-16)27-20(17)24(22-13)11-14-5-7-15(21)8-6-14/h5-8,10,16H,3-4,9,11-12H2,1-2H3. The average molecular weight is 404 g/mol. The number of likely N-dealkylation sites (N-methyl/N-ethyl adjacent to an activating group) is 1. The summed E-state index contributed by atoms with van der Waals surface area (Å²) in [5, 5.41) is 6.41. The Bertz CT molecular complexity index is 958. The Morgan fingerprint density at radius 3 is 2.89 bits per heavy atom. The third kappa shape index (κ3) is 3.88. The summed E-state index contributed by atoms with van der Waals surface area (Å²) in [7, 11) is 1.85. The largest absolute Gasteiger partial charge is 0.376 e. The molecule has 1 fully saturated rings. The summed E-state index contributed by atoms with van der Waals surface area (Å²) in [5.74, 6) is 0.0455. The molecular formula is C20H22ClN3O2S. The zero-order valence-corrected chi connectivity index (χ0v) is 17.0. The smallest absolute Gasteiger partial charge is 0.263 e. The van der Waals surface area contributed by atoms with Crippen LogP contribution in [0.2, 0.25) is 5.02 Å². The summed E-state index contributed by atoms with van der Waals surface area (Å²) in [5.41, 5.74) is 2.07. The van der Waals surface area contributed by atoms with E-state index in [1.807, 2.05) is 49.0 Å². The lowest BCUT2D eigenvalue weighted by atomic mass is 10.2. The molecule has 0 aliphatic carbocycles. The quantitative estimate of drug-likeness (QED) is 0.636. The third-order valence-electron chi connectivity index (χ3n) is 4.91. The molecule has 1 aliphatic heterocycles. The minimum absolute atomic E-state index is 0.0455. The number of thiophene rings is 1. The molecule has 142 valence electrons. The van der Waals surface area contributed by atoms with Crippen LogP contribution in [-0.2, 0) is 11.3 Å². The van der Waals surface area contributed by atoms with Crippen molar-refractivity contribution in [3.05, 3.63) is 51.5 Å². The van der Waals surface area contributed by atoms with Crippen molar-refractivity contribution in [1.29, 1.82) is 0 Å². The lowest BCUT2D eigenvalue weighted by Crippen LogP contribution is -2.33. The van der Waals surface area contributed by atoms with Crippen molar-refractivity contribution in [3.8, 4) is 0 Å². The minimum Gasteiger partial charge on any atom is -0.376 e. The first-order valence-electron chi connectivity index (χ1n) is 9.09. The fourth-order valence-electron chi connectivity index (χ4n) is 3.45. The van der Waals surface area contributed by atoms with Crippen molar-refractivity contribution in [2.45, 2.75) is 32.4 Å². The van der Waals surface area contributed by atoms with Crippen molar-refractivity contribution in [2.24, 2.45) is 0 Å². The van der Waals surface area contributed by atoms with Crippen LogP contribution in [0.5, 0.6) is 0 Å². The molecule has 0 radical (unpaired) electrons. The SMILES string of the molecule is Cc1nn(Cc2ccc(Cl)cc2)c2sc(C(=O)N(C)CC3CCCO3)cc12. The molecule has 1 amide bonds. The fourth-order valence-corrected chi connectivity index (χ4v) is 4.73. The second-order valence-corrected chi connectivity index (χ2v) is 8.49. The van der Waals surface area contributed by atoms with Gasteiger partial charge in [-0.1, -0.05) is 23.7 Å². The molecule has 3 aromatic rings. The number of amides is 1. The molecule has 0 spiro atoms. The zero-order valence-electron chi connectivity index (χ0n) is 15.4. The predicted molar refractivity (Wildman–Crippen MR) is 109 cm³/mol. The number of hydrogen-bond donors (Lipinski definition) is 0. The highest BCUT2D eigenvalue weighted by atomic mass is 35.5. The number of aromatic nitrogens is 2. The van der Waals surface area contributed by atoms with E-state index in [0.717, 1.165) is 50.8 Å². The second-order valence-electron chi connectivity index (χ2n) is 7.02. The number of rotatable bonds is 5. The van der Waals surface area contributed by atoms with Crippen molar-refractivity contribution in [2.75, 3.05) is 20.2 Å². The molecule has 1 atom stereocenters. The van der Waals surface area contributed by atoms with Crippen LogP contribution in [0.25, 0.3) is 10.2 Å². The number of hydrogen-bond acceptors (Lipinski definition) is 4. The number of fused-ring (bicyclic) bond motifs is 1. The first kappa shape index (κ1) is 18.5. The van der Waals surface area contributed by atoms with Crippen molar-refractivity contribution >= 4 is 39.1 Å². The molecule has 1 aliphatic rings. The molecular weight excluding hydrogens is 382 g/mol. The summed E-state index contributed by atoms with van der Waals surface area (Å²) in [6.07, 6.45) is 2.27. The van der Waals surface area contributed by atoms with Crippen LogP contribution in [0.3, 0.4) is 0 Å². The summed E-state index contributed by atoms with van der Waals surface area (Å²) in [6, 6.07) is 9.73. The predicted octanol–water partition coefficient (Wildman–Crippen LogP) is 4.36. The molecule has 2 aromatic heterocycles. The molecule has 0 saturated carbocycles. The van der Waals surface area contributed by atoms with Crippen molar-refractivity contribution < 1.29 is 9.53 Å². The van der Waals surface area contributed by atoms with Gasteiger partial charge in [0.1, 0.15) is 4.83 Å². The number of carbonyl (C=O) groups is 1. The van der Waals surface area contributed by atoms with Gasteiger partial charge in [-0.25, -0.2) is 0 Å².